The fourth-order valence-corrected chi connectivity index (χ4v) is 3.90. The lowest BCUT2D eigenvalue weighted by molar-refractivity contribution is -0.143. The van der Waals surface area contributed by atoms with Crippen LogP contribution in [0.4, 0.5) is 0 Å². The summed E-state index contributed by atoms with van der Waals surface area (Å²) in [7, 11) is 0. The summed E-state index contributed by atoms with van der Waals surface area (Å²) < 4.78 is 0. The first kappa shape index (κ1) is 32.3. The highest BCUT2D eigenvalue weighted by molar-refractivity contribution is 5.96. The van der Waals surface area contributed by atoms with Crippen molar-refractivity contribution >= 4 is 41.5 Å². The number of likely N-dealkylation sites (tertiary alicyclic amines) is 1. The maximum absolute atomic E-state index is 13.1. The Balaban J connectivity index is 2.96. The molecule has 0 aromatic rings. The number of aliphatic carboxylic acids is 2. The van der Waals surface area contributed by atoms with Crippen LogP contribution in [-0.4, -0.2) is 93.3 Å². The molecule has 0 saturated carbocycles. The van der Waals surface area contributed by atoms with Crippen LogP contribution in [0.15, 0.2) is 0 Å². The quantitative estimate of drug-likeness (QED) is 0.116. The molecule has 15 nitrogen and oxygen atoms in total. The number of nitrogens with one attached hydrogen (secondary N) is 3. The highest BCUT2D eigenvalue weighted by Gasteiger charge is 2.38. The second kappa shape index (κ2) is 14.9. The average molecular weight is 543 g/mol. The van der Waals surface area contributed by atoms with Crippen LogP contribution in [0.25, 0.3) is 0 Å². The van der Waals surface area contributed by atoms with Gasteiger partial charge in [0, 0.05) is 19.4 Å². The van der Waals surface area contributed by atoms with Crippen molar-refractivity contribution in [2.45, 2.75) is 89.5 Å². The molecule has 1 aliphatic heterocycles. The Labute approximate surface area is 220 Å². The fraction of sp³-hybridized carbons (Fsp3) is 0.696. The smallest absolute Gasteiger partial charge is 0.325 e. The van der Waals surface area contributed by atoms with E-state index in [9.17, 15) is 33.6 Å². The number of carboxylic acid groups (broad SMARTS) is 2. The largest absolute Gasteiger partial charge is 0.481 e. The third-order valence-electron chi connectivity index (χ3n) is 6.11. The predicted molar refractivity (Wildman–Crippen MR) is 132 cm³/mol. The first-order valence-corrected chi connectivity index (χ1v) is 12.4. The van der Waals surface area contributed by atoms with Crippen LogP contribution in [0.3, 0.4) is 0 Å². The maximum atomic E-state index is 13.1. The molecule has 0 bridgehead atoms. The number of rotatable bonds is 15. The van der Waals surface area contributed by atoms with Gasteiger partial charge in [-0.1, -0.05) is 13.8 Å². The third-order valence-corrected chi connectivity index (χ3v) is 6.11. The molecule has 1 heterocycles. The van der Waals surface area contributed by atoms with Gasteiger partial charge in [0.05, 0.1) is 6.04 Å². The Morgan fingerprint density at radius 2 is 1.55 bits per heavy atom. The van der Waals surface area contributed by atoms with Crippen molar-refractivity contribution in [2.24, 2.45) is 17.4 Å². The number of nitrogens with two attached hydrogens (primary N) is 2. The zero-order valence-corrected chi connectivity index (χ0v) is 21.8. The molecular formula is C23H38N6O9. The molecule has 0 aromatic carbocycles. The molecule has 1 saturated heterocycles. The molecule has 214 valence electrons. The van der Waals surface area contributed by atoms with Crippen LogP contribution in [-0.2, 0) is 33.6 Å². The van der Waals surface area contributed by atoms with Gasteiger partial charge in [-0.2, -0.15) is 0 Å². The van der Waals surface area contributed by atoms with Crippen LogP contribution >= 0.6 is 0 Å². The Kier molecular flexibility index (Phi) is 12.6. The lowest BCUT2D eigenvalue weighted by Gasteiger charge is -2.30. The van der Waals surface area contributed by atoms with E-state index in [0.29, 0.717) is 12.8 Å². The minimum Gasteiger partial charge on any atom is -0.481 e. The summed E-state index contributed by atoms with van der Waals surface area (Å²) in [6.45, 7) is 4.75. The van der Waals surface area contributed by atoms with E-state index >= 15 is 0 Å². The molecule has 9 N–H and O–H groups in total. The number of carbonyl (C=O) groups excluding carboxylic acids is 5. The zero-order chi connectivity index (χ0) is 29.2. The topological polar surface area (TPSA) is 251 Å². The van der Waals surface area contributed by atoms with Gasteiger partial charge >= 0.3 is 11.9 Å². The average Bonchev–Trinajstić information content (AvgIpc) is 3.32. The van der Waals surface area contributed by atoms with Gasteiger partial charge in [-0.25, -0.2) is 0 Å². The SMILES string of the molecule is CC(C)[C@H](NC(=O)[C@@H]1CCCN1C(=O)[C@@H](N)CCC(N)=O)C(=O)N[C@@H](CCC(=O)O)C(=O)N[C@@H](C)C(=O)O. The zero-order valence-electron chi connectivity index (χ0n) is 21.8. The summed E-state index contributed by atoms with van der Waals surface area (Å²) >= 11 is 0. The van der Waals surface area contributed by atoms with Crippen molar-refractivity contribution < 1.29 is 43.8 Å². The summed E-state index contributed by atoms with van der Waals surface area (Å²) in [4.78, 5) is 85.9. The number of nitrogens with zero attached hydrogens (tertiary/aromatic N) is 1. The first-order valence-electron chi connectivity index (χ1n) is 12.4. The summed E-state index contributed by atoms with van der Waals surface area (Å²) in [5.74, 6) is -6.43. The van der Waals surface area contributed by atoms with Crippen molar-refractivity contribution in [1.29, 1.82) is 0 Å². The minimum atomic E-state index is -1.37. The molecule has 0 unspecified atom stereocenters. The van der Waals surface area contributed by atoms with Crippen LogP contribution in [0.2, 0.25) is 0 Å². The number of carboxylic acids is 2. The van der Waals surface area contributed by atoms with Gasteiger partial charge in [-0.05, 0) is 38.5 Å². The number of amides is 5. The van der Waals surface area contributed by atoms with E-state index in [1.807, 2.05) is 0 Å². The predicted octanol–water partition coefficient (Wildman–Crippen LogP) is -2.35. The molecular weight excluding hydrogens is 504 g/mol. The van der Waals surface area contributed by atoms with E-state index in [2.05, 4.69) is 16.0 Å². The Bertz CT molecular complexity index is 925. The lowest BCUT2D eigenvalue weighted by Crippen LogP contribution is -2.59. The number of hydrogen-bond acceptors (Lipinski definition) is 8. The van der Waals surface area contributed by atoms with Crippen molar-refractivity contribution in [1.82, 2.24) is 20.9 Å². The van der Waals surface area contributed by atoms with Gasteiger partial charge in [0.15, 0.2) is 0 Å². The van der Waals surface area contributed by atoms with Gasteiger partial charge in [0.2, 0.25) is 29.5 Å². The summed E-state index contributed by atoms with van der Waals surface area (Å²) in [6, 6.07) is -5.74. The second-order valence-corrected chi connectivity index (χ2v) is 9.59. The van der Waals surface area contributed by atoms with E-state index in [0.717, 1.165) is 0 Å². The van der Waals surface area contributed by atoms with E-state index < -0.39 is 84.0 Å². The van der Waals surface area contributed by atoms with Gasteiger partial charge in [-0.15, -0.1) is 0 Å². The van der Waals surface area contributed by atoms with Crippen molar-refractivity contribution in [3.63, 3.8) is 0 Å². The molecule has 5 atom stereocenters. The van der Waals surface area contributed by atoms with Crippen molar-refractivity contribution in [3.05, 3.63) is 0 Å². The van der Waals surface area contributed by atoms with Crippen molar-refractivity contribution in [2.75, 3.05) is 6.54 Å². The molecule has 15 heteroatoms. The third kappa shape index (κ3) is 9.95. The first-order chi connectivity index (χ1) is 17.6. The van der Waals surface area contributed by atoms with Crippen LogP contribution in [0, 0.1) is 5.92 Å². The van der Waals surface area contributed by atoms with Gasteiger partial charge in [0.25, 0.3) is 0 Å². The molecule has 0 aromatic heterocycles. The summed E-state index contributed by atoms with van der Waals surface area (Å²) in [5, 5.41) is 25.2. The van der Waals surface area contributed by atoms with Gasteiger partial charge in [0.1, 0.15) is 24.2 Å². The number of hydrogen-bond donors (Lipinski definition) is 7. The maximum Gasteiger partial charge on any atom is 0.325 e. The highest BCUT2D eigenvalue weighted by atomic mass is 16.4. The molecule has 1 rings (SSSR count). The molecule has 1 fully saturated rings. The molecule has 1 aliphatic rings. The van der Waals surface area contributed by atoms with E-state index in [1.165, 1.54) is 11.8 Å². The normalized spacial score (nSPS) is 18.1. The summed E-state index contributed by atoms with van der Waals surface area (Å²) in [6.07, 6.45) is -0.0153. The number of carbonyl (C=O) groups is 7. The highest BCUT2D eigenvalue weighted by Crippen LogP contribution is 2.20. The molecule has 38 heavy (non-hydrogen) atoms. The Morgan fingerprint density at radius 3 is 2.08 bits per heavy atom. The van der Waals surface area contributed by atoms with E-state index in [-0.39, 0.29) is 25.8 Å². The second-order valence-electron chi connectivity index (χ2n) is 9.59. The molecule has 0 aliphatic carbocycles. The van der Waals surface area contributed by atoms with Crippen LogP contribution in [0.5, 0.6) is 0 Å². The van der Waals surface area contributed by atoms with E-state index in [4.69, 9.17) is 21.7 Å². The summed E-state index contributed by atoms with van der Waals surface area (Å²) in [5.41, 5.74) is 11.0. The standard InChI is InChI=1S/C23H38N6O9/c1-11(2)18(21(35)27-14(7-9-17(31)32)19(33)26-12(3)23(37)38)28-20(34)15-5-4-10-29(15)22(36)13(24)6-8-16(25)30/h11-15,18H,4-10,24H2,1-3H3,(H2,25,30)(H,26,33)(H,27,35)(H,28,34)(H,31,32)(H,37,38)/t12-,13-,14-,15-,18-/m0/s1. The van der Waals surface area contributed by atoms with Gasteiger partial charge < -0.3 is 42.5 Å². The monoisotopic (exact) mass is 542 g/mol. The Hall–Kier alpha value is -3.75. The van der Waals surface area contributed by atoms with E-state index in [1.54, 1.807) is 13.8 Å². The lowest BCUT2D eigenvalue weighted by atomic mass is 10.0. The van der Waals surface area contributed by atoms with Crippen LogP contribution < -0.4 is 27.4 Å². The molecule has 0 spiro atoms. The molecule has 0 radical (unpaired) electrons. The molecule has 5 amide bonds. The minimum absolute atomic E-state index is 0.0241. The van der Waals surface area contributed by atoms with Crippen molar-refractivity contribution in [3.8, 4) is 0 Å². The van der Waals surface area contributed by atoms with Crippen LogP contribution in [0.1, 0.15) is 59.3 Å². The number of primary amides is 1. The Morgan fingerprint density at radius 1 is 0.921 bits per heavy atom. The fourth-order valence-electron chi connectivity index (χ4n) is 3.90. The van der Waals surface area contributed by atoms with Gasteiger partial charge in [-0.3, -0.25) is 33.6 Å².